The summed E-state index contributed by atoms with van der Waals surface area (Å²) in [7, 11) is 0. The summed E-state index contributed by atoms with van der Waals surface area (Å²) in [6.07, 6.45) is 0. The van der Waals surface area contributed by atoms with Crippen molar-refractivity contribution in [3.8, 4) is 11.1 Å². The maximum absolute atomic E-state index is 6.23. The zero-order chi connectivity index (χ0) is 13.5. The Bertz CT molecular complexity index is 907. The van der Waals surface area contributed by atoms with Gasteiger partial charge in [-0.25, -0.2) is 0 Å². The Morgan fingerprint density at radius 3 is 2.30 bits per heavy atom. The number of hydrogen-bond donors (Lipinski definition) is 1. The summed E-state index contributed by atoms with van der Waals surface area (Å²) in [5, 5.41) is 2.17. The van der Waals surface area contributed by atoms with Crippen LogP contribution in [0, 0.1) is 0 Å². The van der Waals surface area contributed by atoms with Crippen LogP contribution in [0.4, 0.5) is 5.69 Å². The highest BCUT2D eigenvalue weighted by Gasteiger charge is 2.10. The number of nitrogens with two attached hydrogens (primary N) is 1. The lowest BCUT2D eigenvalue weighted by Crippen LogP contribution is -1.89. The van der Waals surface area contributed by atoms with Gasteiger partial charge in [0.25, 0.3) is 0 Å². The number of rotatable bonds is 1. The lowest BCUT2D eigenvalue weighted by molar-refractivity contribution is 0.669. The SMILES string of the molecule is Nc1cc2c(cc1-c1ccccc1)oc1ccccc12. The second kappa shape index (κ2) is 4.14. The first-order chi connectivity index (χ1) is 9.83. The second-order valence-electron chi connectivity index (χ2n) is 4.90. The number of fused-ring (bicyclic) bond motifs is 3. The Hall–Kier alpha value is -2.74. The number of para-hydroxylation sites is 1. The number of nitrogen functional groups attached to an aromatic ring is 1. The van der Waals surface area contributed by atoms with Gasteiger partial charge in [0, 0.05) is 22.0 Å². The van der Waals surface area contributed by atoms with Gasteiger partial charge in [-0.05, 0) is 23.8 Å². The second-order valence-corrected chi connectivity index (χ2v) is 4.90. The molecule has 1 aromatic heterocycles. The van der Waals surface area contributed by atoms with Crippen LogP contribution in [0.5, 0.6) is 0 Å². The van der Waals surface area contributed by atoms with E-state index in [1.54, 1.807) is 0 Å². The standard InChI is InChI=1S/C18H13NO/c19-16-10-15-13-8-4-5-9-17(13)20-18(15)11-14(16)12-6-2-1-3-7-12/h1-11H,19H2. The summed E-state index contributed by atoms with van der Waals surface area (Å²) in [5.74, 6) is 0. The van der Waals surface area contributed by atoms with Crippen molar-refractivity contribution in [2.75, 3.05) is 5.73 Å². The van der Waals surface area contributed by atoms with Crippen molar-refractivity contribution in [3.63, 3.8) is 0 Å². The van der Waals surface area contributed by atoms with Crippen molar-refractivity contribution in [2.45, 2.75) is 0 Å². The lowest BCUT2D eigenvalue weighted by Gasteiger charge is -2.05. The topological polar surface area (TPSA) is 39.2 Å². The largest absolute Gasteiger partial charge is 0.456 e. The molecule has 0 saturated carbocycles. The first-order valence-corrected chi connectivity index (χ1v) is 6.59. The molecule has 2 N–H and O–H groups in total. The van der Waals surface area contributed by atoms with E-state index in [4.69, 9.17) is 10.2 Å². The average Bonchev–Trinajstić information content (AvgIpc) is 2.85. The Morgan fingerprint density at radius 2 is 1.45 bits per heavy atom. The number of anilines is 1. The van der Waals surface area contributed by atoms with Crippen LogP contribution in [0.15, 0.2) is 71.1 Å². The third-order valence-electron chi connectivity index (χ3n) is 3.63. The summed E-state index contributed by atoms with van der Waals surface area (Å²) >= 11 is 0. The fourth-order valence-electron chi connectivity index (χ4n) is 2.66. The third kappa shape index (κ3) is 1.58. The normalized spacial score (nSPS) is 11.2. The zero-order valence-corrected chi connectivity index (χ0v) is 10.8. The van der Waals surface area contributed by atoms with E-state index in [9.17, 15) is 0 Å². The molecule has 2 heteroatoms. The van der Waals surface area contributed by atoms with Crippen molar-refractivity contribution in [2.24, 2.45) is 0 Å². The molecule has 20 heavy (non-hydrogen) atoms. The number of furan rings is 1. The van der Waals surface area contributed by atoms with E-state index in [2.05, 4.69) is 18.2 Å². The summed E-state index contributed by atoms with van der Waals surface area (Å²) < 4.78 is 5.91. The number of benzene rings is 3. The van der Waals surface area contributed by atoms with Crippen LogP contribution in [-0.4, -0.2) is 0 Å². The van der Waals surface area contributed by atoms with Gasteiger partial charge in [-0.3, -0.25) is 0 Å². The van der Waals surface area contributed by atoms with Crippen LogP contribution in [-0.2, 0) is 0 Å². The van der Waals surface area contributed by atoms with Crippen molar-refractivity contribution in [1.82, 2.24) is 0 Å². The third-order valence-corrected chi connectivity index (χ3v) is 3.63. The van der Waals surface area contributed by atoms with Gasteiger partial charge in [0.1, 0.15) is 11.2 Å². The maximum atomic E-state index is 6.23. The molecule has 0 atom stereocenters. The summed E-state index contributed by atoms with van der Waals surface area (Å²) in [4.78, 5) is 0. The molecule has 96 valence electrons. The molecule has 2 nitrogen and oxygen atoms in total. The van der Waals surface area contributed by atoms with Gasteiger partial charge in [-0.15, -0.1) is 0 Å². The molecule has 3 aromatic carbocycles. The highest BCUT2D eigenvalue weighted by Crippen LogP contribution is 2.35. The lowest BCUT2D eigenvalue weighted by atomic mass is 10.0. The van der Waals surface area contributed by atoms with Crippen molar-refractivity contribution < 1.29 is 4.42 Å². The van der Waals surface area contributed by atoms with E-state index < -0.39 is 0 Å². The van der Waals surface area contributed by atoms with Gasteiger partial charge in [0.05, 0.1) is 0 Å². The van der Waals surface area contributed by atoms with E-state index in [0.29, 0.717) is 0 Å². The summed E-state index contributed by atoms with van der Waals surface area (Å²) in [6.45, 7) is 0. The van der Waals surface area contributed by atoms with Gasteiger partial charge in [0.2, 0.25) is 0 Å². The van der Waals surface area contributed by atoms with Gasteiger partial charge >= 0.3 is 0 Å². The fourth-order valence-corrected chi connectivity index (χ4v) is 2.66. The number of hydrogen-bond acceptors (Lipinski definition) is 2. The molecule has 0 bridgehead atoms. The quantitative estimate of drug-likeness (QED) is 0.497. The van der Waals surface area contributed by atoms with Crippen LogP contribution in [0.25, 0.3) is 33.1 Å². The Labute approximate surface area is 116 Å². The van der Waals surface area contributed by atoms with E-state index in [-0.39, 0.29) is 0 Å². The fraction of sp³-hybridized carbons (Fsp3) is 0. The molecule has 0 aliphatic carbocycles. The predicted molar refractivity (Wildman–Crippen MR) is 83.6 cm³/mol. The van der Waals surface area contributed by atoms with E-state index >= 15 is 0 Å². The average molecular weight is 259 g/mol. The molecule has 0 fully saturated rings. The Kier molecular flexibility index (Phi) is 2.30. The molecular formula is C18H13NO. The van der Waals surface area contributed by atoms with Crippen molar-refractivity contribution in [3.05, 3.63) is 66.7 Å². The van der Waals surface area contributed by atoms with E-state index in [0.717, 1.165) is 38.8 Å². The zero-order valence-electron chi connectivity index (χ0n) is 10.8. The van der Waals surface area contributed by atoms with E-state index in [1.807, 2.05) is 48.5 Å². The molecule has 0 unspecified atom stereocenters. The minimum Gasteiger partial charge on any atom is -0.456 e. The van der Waals surface area contributed by atoms with Gasteiger partial charge in [0.15, 0.2) is 0 Å². The molecule has 0 aliphatic rings. The predicted octanol–water partition coefficient (Wildman–Crippen LogP) is 4.84. The van der Waals surface area contributed by atoms with Crippen LogP contribution in [0.2, 0.25) is 0 Å². The van der Waals surface area contributed by atoms with Crippen molar-refractivity contribution >= 4 is 27.6 Å². The summed E-state index contributed by atoms with van der Waals surface area (Å²) in [6, 6.07) is 22.2. The first kappa shape index (κ1) is 11.1. The van der Waals surface area contributed by atoms with Crippen LogP contribution in [0.1, 0.15) is 0 Å². The van der Waals surface area contributed by atoms with Crippen LogP contribution >= 0.6 is 0 Å². The Balaban J connectivity index is 2.05. The molecule has 0 aliphatic heterocycles. The van der Waals surface area contributed by atoms with Gasteiger partial charge in [-0.1, -0.05) is 48.5 Å². The van der Waals surface area contributed by atoms with Crippen LogP contribution in [0.3, 0.4) is 0 Å². The highest BCUT2D eigenvalue weighted by molar-refractivity contribution is 6.07. The summed E-state index contributed by atoms with van der Waals surface area (Å²) in [5.41, 5.74) is 10.9. The highest BCUT2D eigenvalue weighted by atomic mass is 16.3. The maximum Gasteiger partial charge on any atom is 0.136 e. The monoisotopic (exact) mass is 259 g/mol. The smallest absolute Gasteiger partial charge is 0.136 e. The molecule has 0 amide bonds. The molecule has 0 saturated heterocycles. The minimum absolute atomic E-state index is 0.773. The minimum atomic E-state index is 0.773. The van der Waals surface area contributed by atoms with Gasteiger partial charge in [-0.2, -0.15) is 0 Å². The molecule has 4 rings (SSSR count). The molecule has 1 heterocycles. The molecule has 0 spiro atoms. The molecule has 4 aromatic rings. The van der Waals surface area contributed by atoms with Gasteiger partial charge < -0.3 is 10.2 Å². The van der Waals surface area contributed by atoms with E-state index in [1.165, 1.54) is 0 Å². The molecule has 0 radical (unpaired) electrons. The van der Waals surface area contributed by atoms with Crippen molar-refractivity contribution in [1.29, 1.82) is 0 Å². The van der Waals surface area contributed by atoms with Crippen LogP contribution < -0.4 is 5.73 Å². The molecular weight excluding hydrogens is 246 g/mol. The Morgan fingerprint density at radius 1 is 0.700 bits per heavy atom. The first-order valence-electron chi connectivity index (χ1n) is 6.59.